The molecule has 1 aromatic carbocycles. The van der Waals surface area contributed by atoms with Crippen LogP contribution in [0.2, 0.25) is 0 Å². The summed E-state index contributed by atoms with van der Waals surface area (Å²) in [5.74, 6) is -0.699. The molecular weight excluding hydrogens is 214 g/mol. The molecular formula is C14H17NO2. The Morgan fingerprint density at radius 2 is 2.00 bits per heavy atom. The number of para-hydroxylation sites is 1. The standard InChI is InChI=1S/C14H17NO2/c16-14(17)9-3-1-2-7-12-10-11-6-4-5-8-13(11)15-12/h4-6,8,10,15H,1-3,7,9H2,(H,16,17). The number of carbonyl (C=O) groups is 1. The number of nitrogens with one attached hydrogen (secondary N) is 1. The molecule has 0 aliphatic heterocycles. The average molecular weight is 231 g/mol. The largest absolute Gasteiger partial charge is 0.481 e. The maximum atomic E-state index is 10.3. The van der Waals surface area contributed by atoms with Gasteiger partial charge in [-0.1, -0.05) is 24.6 Å². The van der Waals surface area contributed by atoms with Crippen molar-refractivity contribution in [2.75, 3.05) is 0 Å². The smallest absolute Gasteiger partial charge is 0.303 e. The van der Waals surface area contributed by atoms with E-state index in [2.05, 4.69) is 23.2 Å². The highest BCUT2D eigenvalue weighted by atomic mass is 16.4. The number of aryl methyl sites for hydroxylation is 1. The predicted octanol–water partition coefficient (Wildman–Crippen LogP) is 3.36. The summed E-state index contributed by atoms with van der Waals surface area (Å²) in [4.78, 5) is 13.7. The quantitative estimate of drug-likeness (QED) is 0.749. The second kappa shape index (κ2) is 5.53. The van der Waals surface area contributed by atoms with Gasteiger partial charge in [-0.15, -0.1) is 0 Å². The van der Waals surface area contributed by atoms with Crippen molar-refractivity contribution in [3.8, 4) is 0 Å². The van der Waals surface area contributed by atoms with Gasteiger partial charge in [-0.05, 0) is 36.8 Å². The number of hydrogen-bond donors (Lipinski definition) is 2. The van der Waals surface area contributed by atoms with Crippen molar-refractivity contribution in [2.24, 2.45) is 0 Å². The number of carboxylic acid groups (broad SMARTS) is 1. The Kier molecular flexibility index (Phi) is 3.81. The average Bonchev–Trinajstić information content (AvgIpc) is 2.70. The van der Waals surface area contributed by atoms with Gasteiger partial charge in [0.15, 0.2) is 0 Å². The monoisotopic (exact) mass is 231 g/mol. The summed E-state index contributed by atoms with van der Waals surface area (Å²) < 4.78 is 0. The van der Waals surface area contributed by atoms with Crippen molar-refractivity contribution in [3.63, 3.8) is 0 Å². The van der Waals surface area contributed by atoms with Gasteiger partial charge in [0.25, 0.3) is 0 Å². The van der Waals surface area contributed by atoms with Crippen LogP contribution in [0.25, 0.3) is 10.9 Å². The third-order valence-electron chi connectivity index (χ3n) is 2.92. The van der Waals surface area contributed by atoms with E-state index in [1.54, 1.807) is 0 Å². The van der Waals surface area contributed by atoms with Crippen LogP contribution in [0.3, 0.4) is 0 Å². The number of aliphatic carboxylic acids is 1. The maximum Gasteiger partial charge on any atom is 0.303 e. The Morgan fingerprint density at radius 3 is 2.76 bits per heavy atom. The van der Waals surface area contributed by atoms with Crippen LogP contribution in [-0.2, 0) is 11.2 Å². The van der Waals surface area contributed by atoms with E-state index in [1.807, 2.05) is 12.1 Å². The third kappa shape index (κ3) is 3.34. The minimum Gasteiger partial charge on any atom is -0.481 e. The molecule has 0 aliphatic rings. The van der Waals surface area contributed by atoms with E-state index in [0.29, 0.717) is 0 Å². The van der Waals surface area contributed by atoms with E-state index < -0.39 is 5.97 Å². The topological polar surface area (TPSA) is 53.1 Å². The van der Waals surface area contributed by atoms with Gasteiger partial charge in [-0.3, -0.25) is 4.79 Å². The number of fused-ring (bicyclic) bond motifs is 1. The van der Waals surface area contributed by atoms with Crippen LogP contribution in [0.4, 0.5) is 0 Å². The van der Waals surface area contributed by atoms with E-state index in [4.69, 9.17) is 5.11 Å². The maximum absolute atomic E-state index is 10.3. The van der Waals surface area contributed by atoms with Crippen molar-refractivity contribution in [2.45, 2.75) is 32.1 Å². The van der Waals surface area contributed by atoms with Crippen molar-refractivity contribution in [1.82, 2.24) is 4.98 Å². The Labute approximate surface area is 100 Å². The fourth-order valence-corrected chi connectivity index (χ4v) is 2.04. The van der Waals surface area contributed by atoms with Crippen LogP contribution in [0.15, 0.2) is 30.3 Å². The molecule has 3 heteroatoms. The molecule has 1 heterocycles. The lowest BCUT2D eigenvalue weighted by Crippen LogP contribution is -1.94. The predicted molar refractivity (Wildman–Crippen MR) is 68.1 cm³/mol. The lowest BCUT2D eigenvalue weighted by molar-refractivity contribution is -0.137. The number of rotatable bonds is 6. The van der Waals surface area contributed by atoms with Gasteiger partial charge in [0.2, 0.25) is 0 Å². The van der Waals surface area contributed by atoms with Crippen molar-refractivity contribution in [1.29, 1.82) is 0 Å². The van der Waals surface area contributed by atoms with Crippen LogP contribution in [0, 0.1) is 0 Å². The molecule has 90 valence electrons. The van der Waals surface area contributed by atoms with E-state index in [0.717, 1.165) is 25.7 Å². The second-order valence-electron chi connectivity index (χ2n) is 4.34. The Bertz CT molecular complexity index is 469. The van der Waals surface area contributed by atoms with Crippen LogP contribution in [0.1, 0.15) is 31.4 Å². The molecule has 0 radical (unpaired) electrons. The van der Waals surface area contributed by atoms with Gasteiger partial charge >= 0.3 is 5.97 Å². The minimum atomic E-state index is -0.699. The van der Waals surface area contributed by atoms with Gasteiger partial charge in [-0.2, -0.15) is 0 Å². The fraction of sp³-hybridized carbons (Fsp3) is 0.357. The number of H-pyrrole nitrogens is 1. The number of hydrogen-bond acceptors (Lipinski definition) is 1. The van der Waals surface area contributed by atoms with Crippen molar-refractivity contribution in [3.05, 3.63) is 36.0 Å². The van der Waals surface area contributed by atoms with Crippen molar-refractivity contribution >= 4 is 16.9 Å². The van der Waals surface area contributed by atoms with Crippen LogP contribution < -0.4 is 0 Å². The first-order valence-electron chi connectivity index (χ1n) is 6.04. The molecule has 2 N–H and O–H groups in total. The Hall–Kier alpha value is -1.77. The van der Waals surface area contributed by atoms with Crippen LogP contribution in [0.5, 0.6) is 0 Å². The zero-order valence-electron chi connectivity index (χ0n) is 9.78. The lowest BCUT2D eigenvalue weighted by atomic mass is 10.1. The van der Waals surface area contributed by atoms with E-state index in [-0.39, 0.29) is 6.42 Å². The van der Waals surface area contributed by atoms with Gasteiger partial charge in [0.1, 0.15) is 0 Å². The highest BCUT2D eigenvalue weighted by Gasteiger charge is 2.00. The first-order valence-corrected chi connectivity index (χ1v) is 6.04. The summed E-state index contributed by atoms with van der Waals surface area (Å²) in [6, 6.07) is 10.4. The van der Waals surface area contributed by atoms with E-state index in [9.17, 15) is 4.79 Å². The molecule has 17 heavy (non-hydrogen) atoms. The first-order chi connectivity index (χ1) is 8.25. The molecule has 1 aromatic heterocycles. The second-order valence-corrected chi connectivity index (χ2v) is 4.34. The molecule has 0 aliphatic carbocycles. The molecule has 3 nitrogen and oxygen atoms in total. The normalized spacial score (nSPS) is 10.8. The number of carboxylic acids is 1. The van der Waals surface area contributed by atoms with E-state index in [1.165, 1.54) is 16.6 Å². The minimum absolute atomic E-state index is 0.284. The molecule has 2 aromatic rings. The molecule has 0 bridgehead atoms. The molecule has 0 spiro atoms. The molecule has 0 saturated carbocycles. The Morgan fingerprint density at radius 1 is 1.18 bits per heavy atom. The molecule has 0 amide bonds. The molecule has 0 saturated heterocycles. The molecule has 2 rings (SSSR count). The highest BCUT2D eigenvalue weighted by molar-refractivity contribution is 5.80. The number of unbranched alkanes of at least 4 members (excludes halogenated alkanes) is 2. The van der Waals surface area contributed by atoms with Gasteiger partial charge in [0, 0.05) is 17.6 Å². The number of benzene rings is 1. The number of aromatic nitrogens is 1. The lowest BCUT2D eigenvalue weighted by Gasteiger charge is -1.97. The van der Waals surface area contributed by atoms with Gasteiger partial charge in [-0.25, -0.2) is 0 Å². The summed E-state index contributed by atoms with van der Waals surface area (Å²) in [5, 5.41) is 9.76. The summed E-state index contributed by atoms with van der Waals surface area (Å²) in [6.45, 7) is 0. The third-order valence-corrected chi connectivity index (χ3v) is 2.92. The summed E-state index contributed by atoms with van der Waals surface area (Å²) in [6.07, 6.45) is 4.07. The van der Waals surface area contributed by atoms with Gasteiger partial charge in [0.05, 0.1) is 0 Å². The first kappa shape index (κ1) is 11.7. The van der Waals surface area contributed by atoms with E-state index >= 15 is 0 Å². The Balaban J connectivity index is 1.81. The fourth-order valence-electron chi connectivity index (χ4n) is 2.04. The summed E-state index contributed by atoms with van der Waals surface area (Å²) >= 11 is 0. The number of aromatic amines is 1. The SMILES string of the molecule is O=C(O)CCCCCc1cc2ccccc2[nH]1. The van der Waals surface area contributed by atoms with Crippen molar-refractivity contribution < 1.29 is 9.90 Å². The van der Waals surface area contributed by atoms with Gasteiger partial charge < -0.3 is 10.1 Å². The summed E-state index contributed by atoms with van der Waals surface area (Å²) in [7, 11) is 0. The highest BCUT2D eigenvalue weighted by Crippen LogP contribution is 2.16. The van der Waals surface area contributed by atoms with Crippen LogP contribution in [-0.4, -0.2) is 16.1 Å². The molecule has 0 fully saturated rings. The molecule has 0 atom stereocenters. The summed E-state index contributed by atoms with van der Waals surface area (Å²) in [5.41, 5.74) is 2.41. The molecule has 0 unspecified atom stereocenters. The zero-order chi connectivity index (χ0) is 12.1. The van der Waals surface area contributed by atoms with Crippen LogP contribution >= 0.6 is 0 Å². The zero-order valence-corrected chi connectivity index (χ0v) is 9.78.